The standard InChI is InChI=1S/C24H30N4O3.C16H19N3O.C16H20N2O3.C16H18N2O.C10H9N3.C10H8N2.C8H11ClN2O.C6H6O.C5H8O2.CH3F.Na.H2O/c1-15-12-16(2)26-23(30)21(15)14-25-22(29)20-13-19-6-5-9-28(19)24(17(20)3)27(4)18-7-10-31-11-8-18;1-12-15(17-2)11-14-5-4-8-19(14)16(12)18(3)13-6-9-20-10-7-13;1-12-15(21-11-19)10-14-4-3-7-18(14)16(12)17(2)13-5-8-20-9-6-13;1-12-15(17-2)11-14-4-3-7-18(14)16(12)10-13-5-8-19-9-6-13;1-7-9(12-2)6-8-4-3-5-13(8)10(7)11;11-6-5-10(8-12)7-9-3-1-2-4-9;1-5-3-6(2)11-8(12)7(5)4-10-9;7-5-6-3-1-2-4-6;6-5-1-3-7-4-2-5;1-2;;/h5-6,9,12-13,18H,7-8,10-11,14H2,1-4H3,(H,25,29)(H,26,30);4-5,8,11,13H,6-7,9-10H2,1,3H3;3-4,7,10-11,13H,5-6,8-9H2,1-2H3;3-4,7,11,13H,5-6,8-10H2,1H3;3-6H,11H2,1H3;1-3,7H,4-5H2;3,10H,4H2,1-2H3,(H,11,12);1-3,5H,4H2;1-4H2;1H3;;1H2/q;;;;;;;;;;+1;/p-1/b;;;;;10-7+;;;;;;/i;;;;;;;;;1D;;. The zero-order chi connectivity index (χ0) is 105. The van der Waals surface area contributed by atoms with Gasteiger partial charge in [0.05, 0.1) is 71.3 Å². The van der Waals surface area contributed by atoms with Crippen LogP contribution >= 0.6 is 11.8 Å². The molecule has 146 heavy (non-hydrogen) atoms. The Morgan fingerprint density at radius 2 is 0.959 bits per heavy atom. The molecule has 19 rings (SSSR count). The normalized spacial score (nSPS) is 14.8. The second-order valence-electron chi connectivity index (χ2n) is 35.8. The Morgan fingerprint density at radius 1 is 0.562 bits per heavy atom. The van der Waals surface area contributed by atoms with E-state index >= 15 is 0 Å². The van der Waals surface area contributed by atoms with Crippen LogP contribution in [-0.4, -0.2) is 174 Å². The molecule has 7 N–H and O–H groups in total. The molecule has 0 spiro atoms. The van der Waals surface area contributed by atoms with Crippen LogP contribution in [0.4, 0.5) is 44.7 Å². The maximum atomic E-state index is 13.2. The molecule has 12 aromatic rings. The summed E-state index contributed by atoms with van der Waals surface area (Å²) in [5.74, 6) is 5.32. The predicted octanol–water partition coefficient (Wildman–Crippen LogP) is 17.4. The minimum absolute atomic E-state index is 0. The number of halogens is 2. The third-order valence-corrected chi connectivity index (χ3v) is 26.5. The largest absolute Gasteiger partial charge is 1.00 e. The molecule has 12 aromatic heterocycles. The summed E-state index contributed by atoms with van der Waals surface area (Å²) in [5, 5.41) is 19.9. The second-order valence-corrected chi connectivity index (χ2v) is 36.1. The van der Waals surface area contributed by atoms with Gasteiger partial charge in [-0.3, -0.25) is 33.2 Å². The van der Waals surface area contributed by atoms with Gasteiger partial charge in [0.2, 0.25) is 0 Å². The van der Waals surface area contributed by atoms with E-state index in [0.29, 0.717) is 108 Å². The maximum Gasteiger partial charge on any atom is 1.00 e. The summed E-state index contributed by atoms with van der Waals surface area (Å²) in [5.41, 5.74) is 27.1. The van der Waals surface area contributed by atoms with Crippen LogP contribution in [0.1, 0.15) is 162 Å². The molecule has 0 radical (unpaired) electrons. The number of anilines is 4. The molecule has 1 amide bonds. The van der Waals surface area contributed by atoms with Gasteiger partial charge in [0, 0.05) is 228 Å². The monoisotopic (exact) mass is 2020 g/mol. The van der Waals surface area contributed by atoms with E-state index in [0.717, 1.165) is 248 Å². The fourth-order valence-electron chi connectivity index (χ4n) is 18.3. The summed E-state index contributed by atoms with van der Waals surface area (Å²) < 4.78 is 58.0. The number of carbonyl (C=O) groups is 4. The number of nitrogens with one attached hydrogen (secondary N) is 4. The molecule has 5 aliphatic heterocycles. The van der Waals surface area contributed by atoms with E-state index in [4.69, 9.17) is 77.5 Å². The number of hydrogen-bond acceptors (Lipinski definition) is 20. The van der Waals surface area contributed by atoms with Gasteiger partial charge in [-0.2, -0.15) is 10.5 Å². The number of nitrogens with zero attached hydrogens (tertiary/aromatic N) is 13. The van der Waals surface area contributed by atoms with Crippen LogP contribution in [0.25, 0.3) is 42.1 Å². The summed E-state index contributed by atoms with van der Waals surface area (Å²) in [6.45, 7) is 48.0. The first-order valence-electron chi connectivity index (χ1n) is 48.9. The number of alkyl halides is 1. The van der Waals surface area contributed by atoms with Crippen molar-refractivity contribution in [2.45, 2.75) is 183 Å². The molecule has 0 aromatic carbocycles. The number of ketones is 1. The number of aryl methyl sites for hydroxylation is 4. The van der Waals surface area contributed by atoms with Gasteiger partial charge < -0.3 is 91.6 Å². The number of fused-ring (bicyclic) bond motifs is 5. The van der Waals surface area contributed by atoms with Crippen LogP contribution in [-0.2, 0) is 57.6 Å². The van der Waals surface area contributed by atoms with Crippen molar-refractivity contribution in [1.29, 1.82) is 10.5 Å². The smallest absolute Gasteiger partial charge is 0.870 e. The molecule has 7 aliphatic rings. The number of allylic oxidation sites excluding steroid dienone is 10. The number of ether oxygens (including phenoxy) is 6. The van der Waals surface area contributed by atoms with Crippen molar-refractivity contribution in [2.75, 3.05) is 115 Å². The predicted molar refractivity (Wildman–Crippen MR) is 569 cm³/mol. The van der Waals surface area contributed by atoms with Gasteiger partial charge in [0.15, 0.2) is 17.1 Å². The number of nitrogens with two attached hydrogens (primary N) is 1. The summed E-state index contributed by atoms with van der Waals surface area (Å²) in [4.78, 5) is 93.4. The third-order valence-electron chi connectivity index (χ3n) is 26.4. The Labute approximate surface area is 882 Å². The molecule has 2 aliphatic carbocycles. The fourth-order valence-corrected chi connectivity index (χ4v) is 18.5. The van der Waals surface area contributed by atoms with Crippen LogP contribution in [0.15, 0.2) is 203 Å². The molecule has 5 fully saturated rings. The Kier molecular flexibility index (Phi) is 47.3. The van der Waals surface area contributed by atoms with E-state index in [1.165, 1.54) is 5.69 Å². The molecule has 34 heteroatoms. The summed E-state index contributed by atoms with van der Waals surface area (Å²) in [6.07, 6.45) is 36.9. The van der Waals surface area contributed by atoms with E-state index in [1.807, 2.05) is 212 Å². The third kappa shape index (κ3) is 31.6. The average Bonchev–Trinajstić information content (AvgIpc) is 1.77. The molecule has 764 valence electrons. The number of hydrogen-bond donors (Lipinski definition) is 5. The number of Topliss-reactive ketones (excluding diaryl/α,β-unsaturated/α-hetero) is 1. The molecular formula is C112H133ClFN18NaO13. The number of carbonyl (C=O) groups excluding carboxylic acids is 4. The van der Waals surface area contributed by atoms with Crippen LogP contribution in [0, 0.1) is 111 Å². The zero-order valence-electron chi connectivity index (χ0n) is 86.8. The summed E-state index contributed by atoms with van der Waals surface area (Å²) in [6, 6.07) is 38.7. The van der Waals surface area contributed by atoms with Gasteiger partial charge in [-0.25, -0.2) is 19.4 Å². The second kappa shape index (κ2) is 59.6. The van der Waals surface area contributed by atoms with Gasteiger partial charge in [-0.05, 0) is 293 Å². The Balaban J connectivity index is 0.000000207. The first-order chi connectivity index (χ1) is 70.1. The minimum atomic E-state index is -1.00. The average molecular weight is 2020 g/mol. The van der Waals surface area contributed by atoms with Gasteiger partial charge in [-0.15, -0.1) is 0 Å². The topological polar surface area (TPSA) is 362 Å². The number of H-pyrrole nitrogens is 2. The van der Waals surface area contributed by atoms with Crippen molar-refractivity contribution in [1.82, 2.24) is 42.1 Å². The summed E-state index contributed by atoms with van der Waals surface area (Å²) in [7, 11) is 5.32. The van der Waals surface area contributed by atoms with Crippen molar-refractivity contribution in [3.8, 4) is 17.9 Å². The van der Waals surface area contributed by atoms with Gasteiger partial charge in [-0.1, -0.05) is 36.5 Å². The van der Waals surface area contributed by atoms with Gasteiger partial charge in [0.1, 0.15) is 35.3 Å². The molecule has 0 saturated carbocycles. The number of rotatable bonds is 18. The number of aldehydes is 1. The van der Waals surface area contributed by atoms with Gasteiger partial charge in [0.25, 0.3) is 23.5 Å². The molecule has 31 nitrogen and oxygen atoms in total. The van der Waals surface area contributed by atoms with Crippen molar-refractivity contribution in [2.24, 2.45) is 5.92 Å². The van der Waals surface area contributed by atoms with Gasteiger partial charge >= 0.3 is 29.6 Å². The zero-order valence-corrected chi connectivity index (χ0v) is 88.5. The minimum Gasteiger partial charge on any atom is -0.870 e. The maximum absolute atomic E-state index is 13.2. The molecule has 5 saturated heterocycles. The van der Waals surface area contributed by atoms with E-state index in [9.17, 15) is 33.2 Å². The Morgan fingerprint density at radius 3 is 1.37 bits per heavy atom. The Bertz CT molecular complexity index is 6980. The van der Waals surface area contributed by atoms with Crippen molar-refractivity contribution < 1.29 is 88.4 Å². The van der Waals surface area contributed by atoms with E-state index in [-0.39, 0.29) is 65.0 Å². The molecule has 0 bridgehead atoms. The summed E-state index contributed by atoms with van der Waals surface area (Å²) >= 11 is 5.32. The van der Waals surface area contributed by atoms with E-state index in [1.54, 1.807) is 6.08 Å². The number of pyridine rings is 7. The first kappa shape index (κ1) is 116. The van der Waals surface area contributed by atoms with Crippen LogP contribution in [0.2, 0.25) is 0 Å². The number of amides is 1. The van der Waals surface area contributed by atoms with Crippen LogP contribution in [0.3, 0.4) is 0 Å². The molecule has 0 unspecified atom stereocenters. The molecule has 17 heterocycles. The molecule has 0 atom stereocenters. The quantitative estimate of drug-likeness (QED) is 0.0175. The van der Waals surface area contributed by atoms with Crippen LogP contribution in [0.5, 0.6) is 5.75 Å². The van der Waals surface area contributed by atoms with Crippen molar-refractivity contribution >= 4 is 104 Å². The SMILES string of the molecule is Cc1c(OC=O)cc2cccn2c1N(C)C1CCOCC1.Cc1cc(C)c(CNC(=O)c2cc3cccn3c(N(C)C3CCOCC3)c2C)c(=O)[nH]1.Cc1cc(C)c(CNCl)c(=O)[nH]1.N#CC/C(C#N)=C\C1=CC=CC1.O=C1CCOCC1.O=CC1=CC=CC1.[2H]CF.[C-]#[N+]c1cc2cccn2c(CC2CCOCC2)c1C.[C-]#[N+]c1cc2cccn2c(N(C)C2CCOCC2)c1C.[C-]#[N+]c1cc2cccn2c(N)c1C.[Na+].[OH-]. The van der Waals surface area contributed by atoms with Crippen molar-refractivity contribution in [3.05, 3.63) is 321 Å². The number of aromatic amines is 2. The van der Waals surface area contributed by atoms with E-state index in [2.05, 4.69) is 126 Å². The Hall–Kier alpha value is -13.7. The number of nitrogen functional groups attached to an aromatic ring is 1. The number of nitriles is 2. The van der Waals surface area contributed by atoms with E-state index < -0.39 is 7.15 Å². The molecular weight excluding hydrogens is 1880 g/mol. The number of aromatic nitrogens is 7. The first-order valence-corrected chi connectivity index (χ1v) is 48.6. The van der Waals surface area contributed by atoms with Crippen LogP contribution < -0.4 is 76.0 Å². The fraction of sp³-hybridized carbons (Fsp3) is 0.384. The van der Waals surface area contributed by atoms with Crippen molar-refractivity contribution in [3.63, 3.8) is 0 Å².